The minimum absolute atomic E-state index is 0. The van der Waals surface area contributed by atoms with Crippen molar-refractivity contribution in [3.63, 3.8) is 0 Å². The van der Waals surface area contributed by atoms with Crippen LogP contribution in [0, 0.1) is 5.92 Å². The van der Waals surface area contributed by atoms with Gasteiger partial charge >= 0.3 is 0 Å². The van der Waals surface area contributed by atoms with Crippen LogP contribution in [-0.4, -0.2) is 50.3 Å². The van der Waals surface area contributed by atoms with Gasteiger partial charge in [-0.3, -0.25) is 0 Å². The Hall–Kier alpha value is -2.29. The van der Waals surface area contributed by atoms with Crippen LogP contribution in [0.25, 0.3) is 22.4 Å². The Labute approximate surface area is 174 Å². The number of aromatic nitrogens is 4. The quantitative estimate of drug-likeness (QED) is 0.672. The summed E-state index contributed by atoms with van der Waals surface area (Å²) in [5.74, 6) is 1.34. The third-order valence-corrected chi connectivity index (χ3v) is 5.47. The van der Waals surface area contributed by atoms with Crippen LogP contribution in [0.2, 0.25) is 0 Å². The number of hydrogen-bond acceptors (Lipinski definition) is 8. The molecule has 1 aromatic carbocycles. The zero-order valence-electron chi connectivity index (χ0n) is 15.7. The summed E-state index contributed by atoms with van der Waals surface area (Å²) in [4.78, 5) is 6.65. The van der Waals surface area contributed by atoms with Gasteiger partial charge in [-0.05, 0) is 35.1 Å². The van der Waals surface area contributed by atoms with Gasteiger partial charge in [0.25, 0.3) is 0 Å². The van der Waals surface area contributed by atoms with Gasteiger partial charge in [0.05, 0.1) is 6.20 Å². The Morgan fingerprint density at radius 1 is 1.21 bits per heavy atom. The summed E-state index contributed by atoms with van der Waals surface area (Å²) < 4.78 is 4.10. The minimum atomic E-state index is 0. The molecule has 1 atom stereocenters. The van der Waals surface area contributed by atoms with Gasteiger partial charge in [-0.15, -0.1) is 22.6 Å². The zero-order chi connectivity index (χ0) is 18.8. The van der Waals surface area contributed by atoms with E-state index in [1.54, 1.807) is 18.5 Å². The molecular formula is C19H23ClN6OS. The number of hydrogen-bond donors (Lipinski definition) is 2. The van der Waals surface area contributed by atoms with E-state index in [4.69, 9.17) is 0 Å². The maximum atomic E-state index is 10.4. The molecule has 148 valence electrons. The molecule has 7 nitrogen and oxygen atoms in total. The molecule has 2 aromatic heterocycles. The lowest BCUT2D eigenvalue weighted by Crippen LogP contribution is -2.53. The highest BCUT2D eigenvalue weighted by Gasteiger charge is 2.23. The van der Waals surface area contributed by atoms with Gasteiger partial charge < -0.3 is 15.3 Å². The highest BCUT2D eigenvalue weighted by Crippen LogP contribution is 2.32. The standard InChI is InChI=1S/C19H22N6OS.ClH/c1-12(2)17-10-25(6-5-20-17)19-21-9-16(23-24-19)15-4-3-13(7-18(15)26)14-8-22-27-11-14;/h3-4,7-9,11-12,17,20,26H,5-6,10H2,1-2H3;1H/t17-;/m1./s1. The van der Waals surface area contributed by atoms with Crippen LogP contribution in [-0.2, 0) is 0 Å². The maximum absolute atomic E-state index is 10.4. The molecule has 0 bridgehead atoms. The molecule has 0 unspecified atom stereocenters. The molecule has 1 saturated heterocycles. The number of nitrogens with one attached hydrogen (secondary N) is 1. The van der Waals surface area contributed by atoms with Crippen LogP contribution in [0.15, 0.2) is 36.0 Å². The summed E-state index contributed by atoms with van der Waals surface area (Å²) in [5, 5.41) is 24.5. The van der Waals surface area contributed by atoms with Crippen molar-refractivity contribution >= 4 is 29.9 Å². The third kappa shape index (κ3) is 4.24. The van der Waals surface area contributed by atoms with Gasteiger partial charge in [0.2, 0.25) is 5.95 Å². The van der Waals surface area contributed by atoms with Gasteiger partial charge in [-0.25, -0.2) is 9.36 Å². The van der Waals surface area contributed by atoms with E-state index < -0.39 is 0 Å². The molecule has 3 aromatic rings. The lowest BCUT2D eigenvalue weighted by molar-refractivity contribution is 0.365. The predicted octanol–water partition coefficient (Wildman–Crippen LogP) is 3.22. The van der Waals surface area contributed by atoms with Gasteiger partial charge in [0.1, 0.15) is 11.4 Å². The Balaban J connectivity index is 0.00000225. The average molecular weight is 419 g/mol. The smallest absolute Gasteiger partial charge is 0.245 e. The molecule has 0 radical (unpaired) electrons. The lowest BCUT2D eigenvalue weighted by atomic mass is 10.0. The van der Waals surface area contributed by atoms with E-state index in [1.165, 1.54) is 11.5 Å². The topological polar surface area (TPSA) is 87.1 Å². The molecular weight excluding hydrogens is 396 g/mol. The number of aromatic hydroxyl groups is 1. The third-order valence-electron chi connectivity index (χ3n) is 4.88. The van der Waals surface area contributed by atoms with Crippen LogP contribution < -0.4 is 10.2 Å². The molecule has 0 saturated carbocycles. The van der Waals surface area contributed by atoms with E-state index in [0.717, 1.165) is 30.8 Å². The van der Waals surface area contributed by atoms with Gasteiger partial charge in [-0.2, -0.15) is 0 Å². The second-order valence-electron chi connectivity index (χ2n) is 7.04. The van der Waals surface area contributed by atoms with Crippen LogP contribution in [0.4, 0.5) is 5.95 Å². The van der Waals surface area contributed by atoms with Gasteiger partial charge in [0.15, 0.2) is 0 Å². The number of benzene rings is 1. The first-order valence-corrected chi connectivity index (χ1v) is 9.86. The maximum Gasteiger partial charge on any atom is 0.245 e. The van der Waals surface area contributed by atoms with Gasteiger partial charge in [-0.1, -0.05) is 19.9 Å². The number of phenols is 1. The first-order chi connectivity index (χ1) is 13.1. The van der Waals surface area contributed by atoms with Crippen LogP contribution in [0.5, 0.6) is 5.75 Å². The summed E-state index contributed by atoms with van der Waals surface area (Å²) in [6.45, 7) is 7.06. The number of anilines is 1. The Kier molecular flexibility index (Phi) is 6.43. The van der Waals surface area contributed by atoms with E-state index in [9.17, 15) is 5.11 Å². The molecule has 28 heavy (non-hydrogen) atoms. The molecule has 0 spiro atoms. The molecule has 1 fully saturated rings. The van der Waals surface area contributed by atoms with Crippen LogP contribution in [0.3, 0.4) is 0 Å². The highest BCUT2D eigenvalue weighted by molar-refractivity contribution is 7.03. The van der Waals surface area contributed by atoms with Crippen LogP contribution >= 0.6 is 23.9 Å². The van der Waals surface area contributed by atoms with Gasteiger partial charge in [0, 0.05) is 48.4 Å². The Morgan fingerprint density at radius 3 is 2.71 bits per heavy atom. The molecule has 0 aliphatic carbocycles. The summed E-state index contributed by atoms with van der Waals surface area (Å²) in [6.07, 6.45) is 3.46. The Morgan fingerprint density at radius 2 is 2.07 bits per heavy atom. The van der Waals surface area contributed by atoms with Crippen molar-refractivity contribution in [1.29, 1.82) is 0 Å². The fourth-order valence-corrected chi connectivity index (χ4v) is 3.76. The number of rotatable bonds is 4. The summed E-state index contributed by atoms with van der Waals surface area (Å²) in [5.41, 5.74) is 3.08. The number of halogens is 1. The van der Waals surface area contributed by atoms with Crippen molar-refractivity contribution in [3.05, 3.63) is 36.0 Å². The van der Waals surface area contributed by atoms with Crippen LogP contribution in [0.1, 0.15) is 13.8 Å². The normalized spacial score (nSPS) is 16.8. The van der Waals surface area contributed by atoms with Crippen molar-refractivity contribution < 1.29 is 5.11 Å². The second kappa shape index (κ2) is 8.81. The summed E-state index contributed by atoms with van der Waals surface area (Å²) in [6, 6.07) is 5.92. The van der Waals surface area contributed by atoms with Crippen molar-refractivity contribution in [2.45, 2.75) is 19.9 Å². The van der Waals surface area contributed by atoms with Crippen molar-refractivity contribution in [2.24, 2.45) is 5.92 Å². The van der Waals surface area contributed by atoms with E-state index >= 15 is 0 Å². The van der Waals surface area contributed by atoms with E-state index in [-0.39, 0.29) is 18.2 Å². The summed E-state index contributed by atoms with van der Waals surface area (Å²) >= 11 is 1.38. The molecule has 3 heterocycles. The van der Waals surface area contributed by atoms with E-state index in [2.05, 4.69) is 43.6 Å². The monoisotopic (exact) mass is 418 g/mol. The number of nitrogens with zero attached hydrogens (tertiary/aromatic N) is 5. The fourth-order valence-electron chi connectivity index (χ4n) is 3.22. The Bertz CT molecular complexity index is 903. The fraction of sp³-hybridized carbons (Fsp3) is 0.368. The lowest BCUT2D eigenvalue weighted by Gasteiger charge is -2.35. The van der Waals surface area contributed by atoms with E-state index in [1.807, 2.05) is 17.5 Å². The van der Waals surface area contributed by atoms with Crippen molar-refractivity contribution in [2.75, 3.05) is 24.5 Å². The van der Waals surface area contributed by atoms with E-state index in [0.29, 0.717) is 29.2 Å². The average Bonchev–Trinajstić information content (AvgIpc) is 3.23. The van der Waals surface area contributed by atoms with Crippen molar-refractivity contribution in [1.82, 2.24) is 24.9 Å². The number of piperazine rings is 1. The second-order valence-corrected chi connectivity index (χ2v) is 7.70. The molecule has 4 rings (SSSR count). The molecule has 1 aliphatic heterocycles. The predicted molar refractivity (Wildman–Crippen MR) is 114 cm³/mol. The van der Waals surface area contributed by atoms with Crippen molar-refractivity contribution in [3.8, 4) is 28.1 Å². The number of phenolic OH excluding ortho intramolecular Hbond substituents is 1. The highest BCUT2D eigenvalue weighted by atomic mass is 35.5. The molecule has 1 aliphatic rings. The molecule has 0 amide bonds. The molecule has 2 N–H and O–H groups in total. The minimum Gasteiger partial charge on any atom is -0.507 e. The zero-order valence-corrected chi connectivity index (χ0v) is 17.4. The first kappa shape index (κ1) is 20.4. The molecule has 9 heteroatoms. The first-order valence-electron chi connectivity index (χ1n) is 9.03. The largest absolute Gasteiger partial charge is 0.507 e. The summed E-state index contributed by atoms with van der Waals surface area (Å²) in [7, 11) is 0. The SMILES string of the molecule is CC(C)[C@H]1CN(c2ncc(-c3ccc(-c4cnsc4)cc3O)nn2)CCN1.Cl.